The van der Waals surface area contributed by atoms with Crippen molar-refractivity contribution >= 4 is 0 Å². The van der Waals surface area contributed by atoms with Gasteiger partial charge in [-0.15, -0.1) is 0 Å². The molecule has 1 saturated carbocycles. The first-order valence-corrected chi connectivity index (χ1v) is 7.91. The summed E-state index contributed by atoms with van der Waals surface area (Å²) in [5.74, 6) is 1.36. The molecule has 0 amide bonds. The molecule has 0 saturated heterocycles. The van der Waals surface area contributed by atoms with Crippen molar-refractivity contribution in [2.45, 2.75) is 63.8 Å². The molecule has 2 rings (SSSR count). The van der Waals surface area contributed by atoms with E-state index in [-0.39, 0.29) is 5.54 Å². The summed E-state index contributed by atoms with van der Waals surface area (Å²) in [5, 5.41) is 0. The van der Waals surface area contributed by atoms with Crippen molar-refractivity contribution in [2.24, 2.45) is 17.6 Å². The maximum absolute atomic E-state index is 6.60. The molecule has 19 heavy (non-hydrogen) atoms. The van der Waals surface area contributed by atoms with Gasteiger partial charge in [0, 0.05) is 5.54 Å². The van der Waals surface area contributed by atoms with Crippen LogP contribution in [0.25, 0.3) is 0 Å². The van der Waals surface area contributed by atoms with E-state index in [4.69, 9.17) is 5.73 Å². The molecule has 3 atom stereocenters. The van der Waals surface area contributed by atoms with E-state index in [2.05, 4.69) is 37.8 Å². The molecule has 1 fully saturated rings. The summed E-state index contributed by atoms with van der Waals surface area (Å²) in [6.45, 7) is 6.52. The summed E-state index contributed by atoms with van der Waals surface area (Å²) in [6.07, 6.45) is 18.9. The Balaban J connectivity index is 2.08. The van der Waals surface area contributed by atoms with Crippen molar-refractivity contribution in [3.8, 4) is 0 Å². The Labute approximate surface area is 118 Å². The first kappa shape index (κ1) is 14.6. The molecule has 0 aromatic carbocycles. The second-order valence-electron chi connectivity index (χ2n) is 6.64. The molecule has 0 radical (unpaired) electrons. The molecule has 0 aliphatic heterocycles. The van der Waals surface area contributed by atoms with Crippen LogP contribution in [0.1, 0.15) is 58.3 Å². The highest BCUT2D eigenvalue weighted by molar-refractivity contribution is 5.17. The zero-order chi connectivity index (χ0) is 13.7. The minimum absolute atomic E-state index is 0.0503. The molecule has 2 aliphatic rings. The number of rotatable bonds is 0. The van der Waals surface area contributed by atoms with Gasteiger partial charge in [-0.05, 0) is 50.4 Å². The van der Waals surface area contributed by atoms with Crippen molar-refractivity contribution in [1.82, 2.24) is 0 Å². The second kappa shape index (κ2) is 6.56. The fourth-order valence-corrected chi connectivity index (χ4v) is 3.59. The van der Waals surface area contributed by atoms with Crippen LogP contribution < -0.4 is 5.73 Å². The Hall–Kier alpha value is -0.820. The van der Waals surface area contributed by atoms with Gasteiger partial charge < -0.3 is 5.73 Å². The number of nitrogens with two attached hydrogens (primary N) is 1. The molecule has 3 unspecified atom stereocenters. The summed E-state index contributed by atoms with van der Waals surface area (Å²) in [7, 11) is 0. The number of hydrogen-bond acceptors (Lipinski definition) is 1. The minimum Gasteiger partial charge on any atom is -0.322 e. The fourth-order valence-electron chi connectivity index (χ4n) is 3.59. The molecule has 0 aromatic heterocycles. The maximum atomic E-state index is 6.60. The first-order chi connectivity index (χ1) is 9.10. The fraction of sp³-hybridized carbons (Fsp3) is 0.667. The standard InChI is InChI=1S/C18H29N/c1-15-8-4-3-5-12-18(19)13-7-11-17(18)10-6-9-16(2)14-15/h5-6,9,12,15,17H,2-4,7-8,10-11,13-14,19H2,1H3/b9-6+,12-5+. The molecule has 2 aliphatic carbocycles. The lowest BCUT2D eigenvalue weighted by atomic mass is 9.85. The average Bonchev–Trinajstić information content (AvgIpc) is 2.70. The van der Waals surface area contributed by atoms with E-state index in [1.807, 2.05) is 0 Å². The third-order valence-corrected chi connectivity index (χ3v) is 4.80. The van der Waals surface area contributed by atoms with E-state index in [0.717, 1.165) is 25.2 Å². The molecule has 2 N–H and O–H groups in total. The molecule has 1 heteroatoms. The Morgan fingerprint density at radius 3 is 2.95 bits per heavy atom. The lowest BCUT2D eigenvalue weighted by Gasteiger charge is -2.27. The number of hydrogen-bond donors (Lipinski definition) is 1. The van der Waals surface area contributed by atoms with E-state index >= 15 is 0 Å². The van der Waals surface area contributed by atoms with E-state index in [0.29, 0.717) is 5.92 Å². The average molecular weight is 259 g/mol. The van der Waals surface area contributed by atoms with E-state index < -0.39 is 0 Å². The van der Waals surface area contributed by atoms with Crippen molar-refractivity contribution in [1.29, 1.82) is 0 Å². The van der Waals surface area contributed by atoms with Gasteiger partial charge in [-0.3, -0.25) is 0 Å². The van der Waals surface area contributed by atoms with E-state index in [1.165, 1.54) is 37.7 Å². The van der Waals surface area contributed by atoms with Crippen molar-refractivity contribution < 1.29 is 0 Å². The quantitative estimate of drug-likeness (QED) is 0.624. The lowest BCUT2D eigenvalue weighted by Crippen LogP contribution is -2.41. The lowest BCUT2D eigenvalue weighted by molar-refractivity contribution is 0.390. The summed E-state index contributed by atoms with van der Waals surface area (Å²) < 4.78 is 0. The molecule has 0 spiro atoms. The second-order valence-corrected chi connectivity index (χ2v) is 6.64. The van der Waals surface area contributed by atoms with Gasteiger partial charge in [-0.25, -0.2) is 0 Å². The third-order valence-electron chi connectivity index (χ3n) is 4.80. The molecule has 1 nitrogen and oxygen atoms in total. The zero-order valence-corrected chi connectivity index (χ0v) is 12.4. The minimum atomic E-state index is -0.0503. The van der Waals surface area contributed by atoms with Crippen molar-refractivity contribution in [2.75, 3.05) is 0 Å². The van der Waals surface area contributed by atoms with Crippen molar-refractivity contribution in [3.05, 3.63) is 36.5 Å². The van der Waals surface area contributed by atoms with Gasteiger partial charge >= 0.3 is 0 Å². The highest BCUT2D eigenvalue weighted by Crippen LogP contribution is 2.37. The molecule has 106 valence electrons. The Kier molecular flexibility index (Phi) is 5.04. The molecular formula is C18H29N. The highest BCUT2D eigenvalue weighted by Gasteiger charge is 2.36. The van der Waals surface area contributed by atoms with Crippen LogP contribution in [-0.2, 0) is 0 Å². The van der Waals surface area contributed by atoms with Crippen LogP contribution in [0.2, 0.25) is 0 Å². The summed E-state index contributed by atoms with van der Waals surface area (Å²) in [6, 6.07) is 0. The zero-order valence-electron chi connectivity index (χ0n) is 12.4. The van der Waals surface area contributed by atoms with Crippen LogP contribution in [0.15, 0.2) is 36.5 Å². The maximum Gasteiger partial charge on any atom is 0.0370 e. The Morgan fingerprint density at radius 2 is 2.11 bits per heavy atom. The van der Waals surface area contributed by atoms with Gasteiger partial charge in [0.15, 0.2) is 0 Å². The molecule has 0 bridgehead atoms. The molecular weight excluding hydrogens is 230 g/mol. The van der Waals surface area contributed by atoms with E-state index in [1.54, 1.807) is 0 Å². The predicted molar refractivity (Wildman–Crippen MR) is 83.9 cm³/mol. The van der Waals surface area contributed by atoms with Crippen LogP contribution in [0.3, 0.4) is 0 Å². The van der Waals surface area contributed by atoms with Gasteiger partial charge in [0.1, 0.15) is 0 Å². The Bertz CT molecular complexity index is 366. The van der Waals surface area contributed by atoms with Gasteiger partial charge in [0.2, 0.25) is 0 Å². The number of fused-ring (bicyclic) bond motifs is 1. The van der Waals surface area contributed by atoms with Gasteiger partial charge in [-0.2, -0.15) is 0 Å². The van der Waals surface area contributed by atoms with Gasteiger partial charge in [0.05, 0.1) is 0 Å². The monoisotopic (exact) mass is 259 g/mol. The van der Waals surface area contributed by atoms with Crippen LogP contribution in [0.4, 0.5) is 0 Å². The predicted octanol–water partition coefficient (Wildman–Crippen LogP) is 4.75. The third kappa shape index (κ3) is 4.07. The van der Waals surface area contributed by atoms with Crippen LogP contribution >= 0.6 is 0 Å². The van der Waals surface area contributed by atoms with Crippen molar-refractivity contribution in [3.63, 3.8) is 0 Å². The number of allylic oxidation sites excluding steroid dienone is 4. The Morgan fingerprint density at radius 1 is 1.26 bits per heavy atom. The van der Waals surface area contributed by atoms with E-state index in [9.17, 15) is 0 Å². The highest BCUT2D eigenvalue weighted by atomic mass is 14.8. The first-order valence-electron chi connectivity index (χ1n) is 7.91. The molecule has 0 aromatic rings. The normalized spacial score (nSPS) is 40.6. The summed E-state index contributed by atoms with van der Waals surface area (Å²) >= 11 is 0. The largest absolute Gasteiger partial charge is 0.322 e. The topological polar surface area (TPSA) is 26.0 Å². The molecule has 0 heterocycles. The van der Waals surface area contributed by atoms with Crippen LogP contribution in [0, 0.1) is 11.8 Å². The van der Waals surface area contributed by atoms with Crippen LogP contribution in [-0.4, -0.2) is 5.54 Å². The smallest absolute Gasteiger partial charge is 0.0370 e. The summed E-state index contributed by atoms with van der Waals surface area (Å²) in [4.78, 5) is 0. The van der Waals surface area contributed by atoms with Gasteiger partial charge in [0.25, 0.3) is 0 Å². The summed E-state index contributed by atoms with van der Waals surface area (Å²) in [5.41, 5.74) is 7.83. The SMILES string of the molecule is C=C1/C=C/CC2CCCC2(N)/C=C/CCCC(C)C1. The van der Waals surface area contributed by atoms with Crippen LogP contribution in [0.5, 0.6) is 0 Å². The van der Waals surface area contributed by atoms with Gasteiger partial charge in [-0.1, -0.05) is 56.2 Å².